The van der Waals surface area contributed by atoms with E-state index in [1.54, 1.807) is 26.0 Å². The molecule has 0 radical (unpaired) electrons. The molecule has 0 spiro atoms. The van der Waals surface area contributed by atoms with E-state index in [-0.39, 0.29) is 35.5 Å². The summed E-state index contributed by atoms with van der Waals surface area (Å²) in [5.41, 5.74) is -0.325. The van der Waals surface area contributed by atoms with Gasteiger partial charge in [0, 0.05) is 0 Å². The van der Waals surface area contributed by atoms with Gasteiger partial charge in [-0.15, -0.1) is 0 Å². The van der Waals surface area contributed by atoms with E-state index >= 15 is 0 Å². The first-order valence-corrected chi connectivity index (χ1v) is 8.45. The van der Waals surface area contributed by atoms with Crippen molar-refractivity contribution >= 4 is 23.9 Å². The van der Waals surface area contributed by atoms with E-state index < -0.39 is 23.9 Å². The molecule has 2 aromatic rings. The SMILES string of the molecule is CCOC(=O)c1ccccc1C(=O)OOC(=O)c1ccccc1C(=O)OCC. The molecule has 0 bridgehead atoms. The van der Waals surface area contributed by atoms with Gasteiger partial charge in [-0.25, -0.2) is 29.0 Å². The maximum absolute atomic E-state index is 12.2. The van der Waals surface area contributed by atoms with Gasteiger partial charge in [-0.2, -0.15) is 0 Å². The number of carbonyl (C=O) groups excluding carboxylic acids is 4. The average Bonchev–Trinajstić information content (AvgIpc) is 2.72. The maximum atomic E-state index is 12.2. The molecule has 146 valence electrons. The smallest absolute Gasteiger partial charge is 0.387 e. The summed E-state index contributed by atoms with van der Waals surface area (Å²) in [5.74, 6) is -3.56. The van der Waals surface area contributed by atoms with Gasteiger partial charge in [0.15, 0.2) is 0 Å². The van der Waals surface area contributed by atoms with Crippen molar-refractivity contribution in [2.24, 2.45) is 0 Å². The molecule has 0 amide bonds. The summed E-state index contributed by atoms with van der Waals surface area (Å²) in [4.78, 5) is 57.4. The minimum absolute atomic E-state index is 0.0303. The summed E-state index contributed by atoms with van der Waals surface area (Å²) in [6.07, 6.45) is 0. The Morgan fingerprint density at radius 2 is 0.857 bits per heavy atom. The Morgan fingerprint density at radius 1 is 0.571 bits per heavy atom. The molecule has 0 aliphatic rings. The predicted molar refractivity (Wildman–Crippen MR) is 95.6 cm³/mol. The number of carbonyl (C=O) groups is 4. The lowest BCUT2D eigenvalue weighted by Crippen LogP contribution is -2.18. The Hall–Kier alpha value is -3.68. The van der Waals surface area contributed by atoms with E-state index in [9.17, 15) is 19.2 Å². The first kappa shape index (κ1) is 20.6. The number of rotatable bonds is 6. The quantitative estimate of drug-likeness (QED) is 0.424. The molecule has 8 heteroatoms. The minimum atomic E-state index is -1.06. The van der Waals surface area contributed by atoms with Crippen LogP contribution in [0.25, 0.3) is 0 Å². The van der Waals surface area contributed by atoms with Gasteiger partial charge in [0.05, 0.1) is 35.5 Å². The van der Waals surface area contributed by atoms with Crippen molar-refractivity contribution in [3.05, 3.63) is 70.8 Å². The lowest BCUT2D eigenvalue weighted by Gasteiger charge is -2.09. The fraction of sp³-hybridized carbons (Fsp3) is 0.200. The topological polar surface area (TPSA) is 105 Å². The van der Waals surface area contributed by atoms with Gasteiger partial charge < -0.3 is 9.47 Å². The number of ether oxygens (including phenoxy) is 2. The zero-order valence-corrected chi connectivity index (χ0v) is 15.3. The van der Waals surface area contributed by atoms with E-state index in [0.29, 0.717) is 0 Å². The molecular formula is C20H18O8. The predicted octanol–water partition coefficient (Wildman–Crippen LogP) is 2.97. The van der Waals surface area contributed by atoms with Crippen molar-refractivity contribution in [2.75, 3.05) is 13.2 Å². The largest absolute Gasteiger partial charge is 0.462 e. The molecule has 0 unspecified atom stereocenters. The highest BCUT2D eigenvalue weighted by Crippen LogP contribution is 2.15. The summed E-state index contributed by atoms with van der Waals surface area (Å²) in [6.45, 7) is 3.51. The third-order valence-corrected chi connectivity index (χ3v) is 3.48. The van der Waals surface area contributed by atoms with Gasteiger partial charge in [0.1, 0.15) is 0 Å². The van der Waals surface area contributed by atoms with E-state index in [1.807, 2.05) is 0 Å². The van der Waals surface area contributed by atoms with Crippen LogP contribution in [0.5, 0.6) is 0 Å². The number of esters is 2. The fourth-order valence-electron chi connectivity index (χ4n) is 2.26. The number of hydrogen-bond donors (Lipinski definition) is 0. The standard InChI is InChI=1S/C20H18O8/c1-3-25-17(21)13-9-5-7-11-15(13)19(23)27-28-20(24)16-12-8-6-10-14(16)18(22)26-4-2/h5-12H,3-4H2,1-2H3. The fourth-order valence-corrected chi connectivity index (χ4v) is 2.26. The van der Waals surface area contributed by atoms with Crippen LogP contribution in [0.3, 0.4) is 0 Å². The Bertz CT molecular complexity index is 814. The summed E-state index contributed by atoms with van der Waals surface area (Å²) in [6, 6.07) is 11.5. The second-order valence-electron chi connectivity index (χ2n) is 5.27. The molecule has 0 N–H and O–H groups in total. The molecule has 0 aliphatic carbocycles. The highest BCUT2D eigenvalue weighted by atomic mass is 17.2. The molecule has 0 heterocycles. The Balaban J connectivity index is 2.14. The molecular weight excluding hydrogens is 368 g/mol. The van der Waals surface area contributed by atoms with Crippen LogP contribution in [-0.4, -0.2) is 37.1 Å². The zero-order chi connectivity index (χ0) is 20.5. The van der Waals surface area contributed by atoms with E-state index in [4.69, 9.17) is 9.47 Å². The maximum Gasteiger partial charge on any atom is 0.387 e. The van der Waals surface area contributed by atoms with Crippen molar-refractivity contribution in [1.82, 2.24) is 0 Å². The summed E-state index contributed by atoms with van der Waals surface area (Å²) >= 11 is 0. The summed E-state index contributed by atoms with van der Waals surface area (Å²) in [5, 5.41) is 0. The highest BCUT2D eigenvalue weighted by Gasteiger charge is 2.23. The first-order chi connectivity index (χ1) is 13.5. The van der Waals surface area contributed by atoms with E-state index in [1.165, 1.54) is 36.4 Å². The lowest BCUT2D eigenvalue weighted by molar-refractivity contribution is -0.187. The van der Waals surface area contributed by atoms with Crippen LogP contribution in [-0.2, 0) is 19.2 Å². The van der Waals surface area contributed by atoms with Crippen molar-refractivity contribution in [1.29, 1.82) is 0 Å². The molecule has 0 fully saturated rings. The van der Waals surface area contributed by atoms with Crippen LogP contribution in [0.4, 0.5) is 0 Å². The van der Waals surface area contributed by atoms with Crippen molar-refractivity contribution in [2.45, 2.75) is 13.8 Å². The van der Waals surface area contributed by atoms with Crippen LogP contribution >= 0.6 is 0 Å². The van der Waals surface area contributed by atoms with E-state index in [2.05, 4.69) is 9.78 Å². The van der Waals surface area contributed by atoms with Gasteiger partial charge in [-0.3, -0.25) is 0 Å². The zero-order valence-electron chi connectivity index (χ0n) is 15.3. The summed E-state index contributed by atoms with van der Waals surface area (Å²) < 4.78 is 9.75. The Morgan fingerprint density at radius 3 is 1.14 bits per heavy atom. The van der Waals surface area contributed by atoms with Gasteiger partial charge in [-0.05, 0) is 38.1 Å². The molecule has 2 rings (SSSR count). The average molecular weight is 386 g/mol. The molecule has 0 aliphatic heterocycles. The normalized spacial score (nSPS) is 9.93. The molecule has 8 nitrogen and oxygen atoms in total. The third-order valence-electron chi connectivity index (χ3n) is 3.48. The molecule has 28 heavy (non-hydrogen) atoms. The van der Waals surface area contributed by atoms with Crippen molar-refractivity contribution < 1.29 is 38.4 Å². The van der Waals surface area contributed by atoms with E-state index in [0.717, 1.165) is 0 Å². The van der Waals surface area contributed by atoms with Crippen LogP contribution in [0.15, 0.2) is 48.5 Å². The number of hydrogen-bond acceptors (Lipinski definition) is 8. The number of benzene rings is 2. The second-order valence-corrected chi connectivity index (χ2v) is 5.27. The Kier molecular flexibility index (Phi) is 7.27. The van der Waals surface area contributed by atoms with Crippen LogP contribution < -0.4 is 0 Å². The van der Waals surface area contributed by atoms with Crippen molar-refractivity contribution in [3.63, 3.8) is 0 Å². The minimum Gasteiger partial charge on any atom is -0.462 e. The van der Waals surface area contributed by atoms with Crippen LogP contribution in [0.2, 0.25) is 0 Å². The molecule has 0 atom stereocenters. The van der Waals surface area contributed by atoms with Crippen LogP contribution in [0.1, 0.15) is 55.3 Å². The van der Waals surface area contributed by atoms with Crippen LogP contribution in [0, 0.1) is 0 Å². The van der Waals surface area contributed by atoms with Gasteiger partial charge in [0.2, 0.25) is 0 Å². The molecule has 2 aromatic carbocycles. The third kappa shape index (κ3) is 4.94. The first-order valence-electron chi connectivity index (χ1n) is 8.45. The lowest BCUT2D eigenvalue weighted by atomic mass is 10.1. The second kappa shape index (κ2) is 9.86. The van der Waals surface area contributed by atoms with Gasteiger partial charge in [-0.1, -0.05) is 24.3 Å². The molecule has 0 saturated carbocycles. The summed E-state index contributed by atoms with van der Waals surface area (Å²) in [7, 11) is 0. The highest BCUT2D eigenvalue weighted by molar-refractivity contribution is 6.04. The molecule has 0 aromatic heterocycles. The van der Waals surface area contributed by atoms with Gasteiger partial charge in [0.25, 0.3) is 0 Å². The Labute approximate surface area is 160 Å². The monoisotopic (exact) mass is 386 g/mol. The molecule has 0 saturated heterocycles. The van der Waals surface area contributed by atoms with Gasteiger partial charge >= 0.3 is 23.9 Å². The van der Waals surface area contributed by atoms with Crippen molar-refractivity contribution in [3.8, 4) is 0 Å².